The van der Waals surface area contributed by atoms with Gasteiger partial charge in [-0.25, -0.2) is 4.98 Å². The number of pyridine rings is 1. The van der Waals surface area contributed by atoms with Gasteiger partial charge in [0, 0.05) is 18.0 Å². The Kier molecular flexibility index (Phi) is 5.90. The van der Waals surface area contributed by atoms with Crippen LogP contribution in [0.3, 0.4) is 0 Å². The number of hydrogen-bond acceptors (Lipinski definition) is 6. The third-order valence-corrected chi connectivity index (χ3v) is 5.52. The molecule has 0 aliphatic heterocycles. The van der Waals surface area contributed by atoms with Gasteiger partial charge in [-0.05, 0) is 55.8 Å². The summed E-state index contributed by atoms with van der Waals surface area (Å²) in [5.41, 5.74) is 2.83. The molecule has 2 amide bonds. The first-order valence-corrected chi connectivity index (χ1v) is 10.5. The van der Waals surface area contributed by atoms with Crippen LogP contribution >= 0.6 is 11.3 Å². The molecule has 0 fully saturated rings. The molecular formula is C23H20N4O3S. The second-order valence-electron chi connectivity index (χ2n) is 6.72. The number of benzene rings is 2. The van der Waals surface area contributed by atoms with E-state index >= 15 is 0 Å². The average molecular weight is 433 g/mol. The van der Waals surface area contributed by atoms with E-state index < -0.39 is 0 Å². The van der Waals surface area contributed by atoms with Gasteiger partial charge in [-0.15, -0.1) is 0 Å². The number of anilines is 2. The minimum absolute atomic E-state index is 0.311. The van der Waals surface area contributed by atoms with Gasteiger partial charge >= 0.3 is 0 Å². The van der Waals surface area contributed by atoms with E-state index in [-0.39, 0.29) is 11.8 Å². The summed E-state index contributed by atoms with van der Waals surface area (Å²) in [7, 11) is 0. The number of aryl methyl sites for hydroxylation is 1. The Morgan fingerprint density at radius 2 is 1.84 bits per heavy atom. The number of nitrogens with zero attached hydrogens (tertiary/aromatic N) is 2. The summed E-state index contributed by atoms with van der Waals surface area (Å²) in [6, 6.07) is 14.1. The largest absolute Gasteiger partial charge is 0.494 e. The van der Waals surface area contributed by atoms with Gasteiger partial charge in [0.1, 0.15) is 5.75 Å². The van der Waals surface area contributed by atoms with Crippen molar-refractivity contribution < 1.29 is 14.3 Å². The van der Waals surface area contributed by atoms with E-state index in [0.29, 0.717) is 28.6 Å². The van der Waals surface area contributed by atoms with Gasteiger partial charge < -0.3 is 10.1 Å². The molecule has 2 aromatic carbocycles. The number of fused-ring (bicyclic) bond motifs is 1. The van der Waals surface area contributed by atoms with Crippen molar-refractivity contribution in [2.24, 2.45) is 0 Å². The fourth-order valence-corrected chi connectivity index (χ4v) is 3.98. The molecule has 0 saturated heterocycles. The van der Waals surface area contributed by atoms with Crippen LogP contribution in [0.4, 0.5) is 10.8 Å². The third-order valence-electron chi connectivity index (χ3n) is 4.59. The van der Waals surface area contributed by atoms with Crippen LogP contribution in [0.2, 0.25) is 0 Å². The van der Waals surface area contributed by atoms with E-state index in [0.717, 1.165) is 21.5 Å². The SMILES string of the molecule is CCOc1ccc2nc(NC(=O)c3cccc(C)c3NC(=O)c3ccncc3)sc2c1. The van der Waals surface area contributed by atoms with Crippen molar-refractivity contribution >= 4 is 44.2 Å². The predicted molar refractivity (Wildman–Crippen MR) is 122 cm³/mol. The molecule has 0 saturated carbocycles. The maximum Gasteiger partial charge on any atom is 0.259 e. The maximum absolute atomic E-state index is 13.0. The Hall–Kier alpha value is -3.78. The lowest BCUT2D eigenvalue weighted by atomic mass is 10.1. The summed E-state index contributed by atoms with van der Waals surface area (Å²) in [4.78, 5) is 34.0. The van der Waals surface area contributed by atoms with Gasteiger partial charge in [0.15, 0.2) is 5.13 Å². The number of nitrogens with one attached hydrogen (secondary N) is 2. The summed E-state index contributed by atoms with van der Waals surface area (Å²) in [6.45, 7) is 4.34. The molecule has 2 aromatic heterocycles. The number of carbonyl (C=O) groups is 2. The first-order valence-electron chi connectivity index (χ1n) is 9.71. The molecule has 0 unspecified atom stereocenters. The first-order chi connectivity index (χ1) is 15.0. The smallest absolute Gasteiger partial charge is 0.259 e. The highest BCUT2D eigenvalue weighted by Gasteiger charge is 2.18. The lowest BCUT2D eigenvalue weighted by molar-refractivity contribution is 0.102. The minimum atomic E-state index is -0.349. The second-order valence-corrected chi connectivity index (χ2v) is 7.75. The van der Waals surface area contributed by atoms with Crippen LogP contribution in [0.25, 0.3) is 10.2 Å². The zero-order valence-electron chi connectivity index (χ0n) is 17.0. The minimum Gasteiger partial charge on any atom is -0.494 e. The van der Waals surface area contributed by atoms with Crippen molar-refractivity contribution in [3.8, 4) is 5.75 Å². The lowest BCUT2D eigenvalue weighted by Gasteiger charge is -2.13. The molecule has 0 bridgehead atoms. The summed E-state index contributed by atoms with van der Waals surface area (Å²) < 4.78 is 6.44. The molecule has 156 valence electrons. The lowest BCUT2D eigenvalue weighted by Crippen LogP contribution is -2.19. The number of amides is 2. The summed E-state index contributed by atoms with van der Waals surface area (Å²) in [6.07, 6.45) is 3.09. The van der Waals surface area contributed by atoms with Crippen LogP contribution in [0.5, 0.6) is 5.75 Å². The summed E-state index contributed by atoms with van der Waals surface area (Å²) in [5, 5.41) is 6.17. The highest BCUT2D eigenvalue weighted by Crippen LogP contribution is 2.30. The summed E-state index contributed by atoms with van der Waals surface area (Å²) >= 11 is 1.36. The molecule has 0 spiro atoms. The molecule has 0 radical (unpaired) electrons. The van der Waals surface area contributed by atoms with Crippen LogP contribution in [0.15, 0.2) is 60.9 Å². The highest BCUT2D eigenvalue weighted by molar-refractivity contribution is 7.22. The van der Waals surface area contributed by atoms with Gasteiger partial charge in [-0.2, -0.15) is 0 Å². The topological polar surface area (TPSA) is 93.2 Å². The summed E-state index contributed by atoms with van der Waals surface area (Å²) in [5.74, 6) is 0.100. The van der Waals surface area contributed by atoms with E-state index in [4.69, 9.17) is 4.74 Å². The number of ether oxygens (including phenoxy) is 1. The van der Waals surface area contributed by atoms with Gasteiger partial charge in [0.05, 0.1) is 28.1 Å². The van der Waals surface area contributed by atoms with Crippen molar-refractivity contribution in [3.05, 3.63) is 77.6 Å². The molecule has 0 aliphatic carbocycles. The highest BCUT2D eigenvalue weighted by atomic mass is 32.1. The first kappa shape index (κ1) is 20.5. The monoisotopic (exact) mass is 432 g/mol. The van der Waals surface area contributed by atoms with Crippen LogP contribution in [0, 0.1) is 6.92 Å². The van der Waals surface area contributed by atoms with Crippen LogP contribution in [0.1, 0.15) is 33.2 Å². The fraction of sp³-hybridized carbons (Fsp3) is 0.130. The molecule has 7 nitrogen and oxygen atoms in total. The van der Waals surface area contributed by atoms with Crippen molar-refractivity contribution in [3.63, 3.8) is 0 Å². The predicted octanol–water partition coefficient (Wildman–Crippen LogP) is 4.90. The van der Waals surface area contributed by atoms with Crippen LogP contribution in [-0.2, 0) is 0 Å². The third kappa shape index (κ3) is 4.54. The standard InChI is InChI=1S/C23H20N4O3S/c1-3-30-16-7-8-18-19(13-16)31-23(25-18)27-22(29)17-6-4-5-14(2)20(17)26-21(28)15-9-11-24-12-10-15/h4-13H,3H2,1-2H3,(H,26,28)(H,25,27,29). The molecule has 0 aliphatic rings. The van der Waals surface area contributed by atoms with Crippen LogP contribution in [-0.4, -0.2) is 28.4 Å². The van der Waals surface area contributed by atoms with Crippen molar-refractivity contribution in [2.75, 3.05) is 17.2 Å². The number of thiazole rings is 1. The molecule has 2 N–H and O–H groups in total. The van der Waals surface area contributed by atoms with E-state index in [2.05, 4.69) is 20.6 Å². The van der Waals surface area contributed by atoms with Gasteiger partial charge in [-0.3, -0.25) is 19.9 Å². The van der Waals surface area contributed by atoms with E-state index in [1.807, 2.05) is 38.1 Å². The fourth-order valence-electron chi connectivity index (χ4n) is 3.09. The Morgan fingerprint density at radius 1 is 1.03 bits per heavy atom. The maximum atomic E-state index is 13.0. The number of hydrogen-bond donors (Lipinski definition) is 2. The van der Waals surface area contributed by atoms with E-state index in [9.17, 15) is 9.59 Å². The normalized spacial score (nSPS) is 10.6. The Balaban J connectivity index is 1.58. The zero-order valence-corrected chi connectivity index (χ0v) is 17.8. The Morgan fingerprint density at radius 3 is 2.61 bits per heavy atom. The molecule has 8 heteroatoms. The molecule has 31 heavy (non-hydrogen) atoms. The number of aromatic nitrogens is 2. The molecule has 2 heterocycles. The molecule has 4 rings (SSSR count). The average Bonchev–Trinajstić information content (AvgIpc) is 3.17. The van der Waals surface area contributed by atoms with Gasteiger partial charge in [0.25, 0.3) is 11.8 Å². The number of rotatable bonds is 6. The van der Waals surface area contributed by atoms with E-state index in [1.54, 1.807) is 36.7 Å². The Bertz CT molecular complexity index is 1250. The van der Waals surface area contributed by atoms with Crippen molar-refractivity contribution in [1.82, 2.24) is 9.97 Å². The number of carbonyl (C=O) groups excluding carboxylic acids is 2. The number of para-hydroxylation sites is 1. The van der Waals surface area contributed by atoms with Crippen molar-refractivity contribution in [2.45, 2.75) is 13.8 Å². The molecular weight excluding hydrogens is 412 g/mol. The van der Waals surface area contributed by atoms with Crippen LogP contribution < -0.4 is 15.4 Å². The Labute approximate surface area is 183 Å². The quantitative estimate of drug-likeness (QED) is 0.452. The van der Waals surface area contributed by atoms with Gasteiger partial charge in [-0.1, -0.05) is 23.5 Å². The van der Waals surface area contributed by atoms with Crippen molar-refractivity contribution in [1.29, 1.82) is 0 Å². The second kappa shape index (κ2) is 8.93. The molecule has 0 atom stereocenters. The zero-order chi connectivity index (χ0) is 21.8. The van der Waals surface area contributed by atoms with Gasteiger partial charge in [0.2, 0.25) is 0 Å². The molecule has 4 aromatic rings. The van der Waals surface area contributed by atoms with E-state index in [1.165, 1.54) is 11.3 Å².